The summed E-state index contributed by atoms with van der Waals surface area (Å²) >= 11 is 1.36. The van der Waals surface area contributed by atoms with Crippen LogP contribution in [0.1, 0.15) is 41.0 Å². The van der Waals surface area contributed by atoms with E-state index in [1.54, 1.807) is 20.1 Å². The average Bonchev–Trinajstić information content (AvgIpc) is 3.31. The van der Waals surface area contributed by atoms with Gasteiger partial charge < -0.3 is 15.4 Å². The molecule has 2 unspecified atom stereocenters. The summed E-state index contributed by atoms with van der Waals surface area (Å²) in [5.41, 5.74) is 1.06. The predicted octanol–water partition coefficient (Wildman–Crippen LogP) is 3.14. The molecule has 25 heavy (non-hydrogen) atoms. The molecule has 2 N–H and O–H groups in total. The molecule has 0 aliphatic heterocycles. The molecule has 1 aliphatic rings. The van der Waals surface area contributed by atoms with Crippen LogP contribution < -0.4 is 15.4 Å². The highest BCUT2D eigenvalue weighted by Crippen LogP contribution is 2.41. The van der Waals surface area contributed by atoms with Gasteiger partial charge in [-0.25, -0.2) is 0 Å². The molecule has 1 aromatic heterocycles. The Bertz CT molecular complexity index is 724. The number of carbonyl (C=O) groups excluding carboxylic acids is 2. The second-order valence-electron chi connectivity index (χ2n) is 6.27. The number of benzene rings is 1. The molecular weight excluding hydrogens is 336 g/mol. The lowest BCUT2D eigenvalue weighted by molar-refractivity contribution is -0.123. The third-order valence-electron chi connectivity index (χ3n) is 4.35. The third-order valence-corrected chi connectivity index (χ3v) is 5.22. The minimum atomic E-state index is -0.589. The van der Waals surface area contributed by atoms with Crippen LogP contribution >= 0.6 is 11.3 Å². The number of hydrogen-bond acceptors (Lipinski definition) is 4. The smallest absolute Gasteiger partial charge is 0.261 e. The normalized spacial score (nSPS) is 15.9. The fourth-order valence-corrected chi connectivity index (χ4v) is 3.36. The Morgan fingerprint density at radius 2 is 1.88 bits per heavy atom. The highest BCUT2D eigenvalue weighted by Gasteiger charge is 2.34. The lowest BCUT2D eigenvalue weighted by Gasteiger charge is -2.22. The molecule has 1 heterocycles. The molecule has 3 rings (SSSR count). The number of hydrogen-bond donors (Lipinski definition) is 2. The second kappa shape index (κ2) is 7.70. The SMILES string of the molecule is COc1ccc(C(NC(=O)C(C)NC(=O)c2cccs2)C2CC2)cc1. The number of rotatable bonds is 7. The third kappa shape index (κ3) is 4.39. The van der Waals surface area contributed by atoms with Gasteiger partial charge in [0.1, 0.15) is 11.8 Å². The first-order valence-corrected chi connectivity index (χ1v) is 9.25. The van der Waals surface area contributed by atoms with Crippen LogP contribution in [0.5, 0.6) is 5.75 Å². The van der Waals surface area contributed by atoms with Crippen LogP contribution in [0, 0.1) is 5.92 Å². The monoisotopic (exact) mass is 358 g/mol. The number of nitrogens with one attached hydrogen (secondary N) is 2. The van der Waals surface area contributed by atoms with Crippen molar-refractivity contribution in [1.29, 1.82) is 0 Å². The Morgan fingerprint density at radius 1 is 1.16 bits per heavy atom. The standard InChI is InChI=1S/C19H22N2O3S/c1-12(20-19(23)16-4-3-11-25-16)18(22)21-17(13-5-6-13)14-7-9-15(24-2)10-8-14/h3-4,7-13,17H,5-6H2,1-2H3,(H,20,23)(H,21,22). The first-order valence-electron chi connectivity index (χ1n) is 8.37. The van der Waals surface area contributed by atoms with Gasteiger partial charge in [0.15, 0.2) is 0 Å². The van der Waals surface area contributed by atoms with E-state index in [1.807, 2.05) is 35.7 Å². The summed E-state index contributed by atoms with van der Waals surface area (Å²) in [5.74, 6) is 0.862. The molecule has 132 valence electrons. The van der Waals surface area contributed by atoms with Crippen molar-refractivity contribution in [3.05, 3.63) is 52.2 Å². The first-order chi connectivity index (χ1) is 12.1. The van der Waals surface area contributed by atoms with Crippen LogP contribution in [0.15, 0.2) is 41.8 Å². The van der Waals surface area contributed by atoms with Crippen LogP contribution in [0.25, 0.3) is 0 Å². The van der Waals surface area contributed by atoms with Gasteiger partial charge in [-0.3, -0.25) is 9.59 Å². The Balaban J connectivity index is 1.63. The van der Waals surface area contributed by atoms with Crippen molar-refractivity contribution in [3.8, 4) is 5.75 Å². The van der Waals surface area contributed by atoms with Crippen molar-refractivity contribution >= 4 is 23.2 Å². The van der Waals surface area contributed by atoms with Crippen molar-refractivity contribution in [2.24, 2.45) is 5.92 Å². The Hall–Kier alpha value is -2.34. The lowest BCUT2D eigenvalue weighted by Crippen LogP contribution is -2.46. The van der Waals surface area contributed by atoms with E-state index in [4.69, 9.17) is 4.74 Å². The average molecular weight is 358 g/mol. The van der Waals surface area contributed by atoms with Crippen molar-refractivity contribution in [2.45, 2.75) is 31.8 Å². The molecule has 1 aliphatic carbocycles. The van der Waals surface area contributed by atoms with E-state index in [9.17, 15) is 9.59 Å². The Morgan fingerprint density at radius 3 is 2.44 bits per heavy atom. The molecular formula is C19H22N2O3S. The van der Waals surface area contributed by atoms with Gasteiger partial charge in [0.2, 0.25) is 5.91 Å². The Labute approximate surface area is 151 Å². The maximum Gasteiger partial charge on any atom is 0.261 e. The summed E-state index contributed by atoms with van der Waals surface area (Å²) in [5, 5.41) is 7.69. The maximum absolute atomic E-state index is 12.5. The molecule has 2 aromatic rings. The molecule has 6 heteroatoms. The molecule has 5 nitrogen and oxygen atoms in total. The van der Waals surface area contributed by atoms with Crippen molar-refractivity contribution in [2.75, 3.05) is 7.11 Å². The number of ether oxygens (including phenoxy) is 1. The molecule has 0 spiro atoms. The van der Waals surface area contributed by atoms with Gasteiger partial charge in [-0.05, 0) is 54.8 Å². The molecule has 1 fully saturated rings. The van der Waals surface area contributed by atoms with E-state index < -0.39 is 6.04 Å². The molecule has 1 saturated carbocycles. The number of thiophene rings is 1. The summed E-state index contributed by atoms with van der Waals surface area (Å²) < 4.78 is 5.19. The minimum absolute atomic E-state index is 0.0282. The zero-order valence-corrected chi connectivity index (χ0v) is 15.1. The zero-order valence-electron chi connectivity index (χ0n) is 14.3. The van der Waals surface area contributed by atoms with Crippen LogP contribution in [-0.4, -0.2) is 25.0 Å². The van der Waals surface area contributed by atoms with Crippen LogP contribution in [0.2, 0.25) is 0 Å². The van der Waals surface area contributed by atoms with Crippen molar-refractivity contribution < 1.29 is 14.3 Å². The fourth-order valence-electron chi connectivity index (χ4n) is 2.73. The maximum atomic E-state index is 12.5. The molecule has 0 radical (unpaired) electrons. The fraction of sp³-hybridized carbons (Fsp3) is 0.368. The van der Waals surface area contributed by atoms with E-state index in [-0.39, 0.29) is 17.9 Å². The van der Waals surface area contributed by atoms with Gasteiger partial charge in [-0.2, -0.15) is 0 Å². The minimum Gasteiger partial charge on any atom is -0.497 e. The highest BCUT2D eigenvalue weighted by molar-refractivity contribution is 7.12. The van der Waals surface area contributed by atoms with Crippen LogP contribution in [0.4, 0.5) is 0 Å². The van der Waals surface area contributed by atoms with Gasteiger partial charge in [0.05, 0.1) is 18.0 Å². The largest absolute Gasteiger partial charge is 0.497 e. The topological polar surface area (TPSA) is 67.4 Å². The number of amides is 2. The molecule has 2 atom stereocenters. The summed E-state index contributed by atoms with van der Waals surface area (Å²) in [6.45, 7) is 1.71. The van der Waals surface area contributed by atoms with Gasteiger partial charge in [-0.1, -0.05) is 18.2 Å². The Kier molecular flexibility index (Phi) is 5.38. The predicted molar refractivity (Wildman–Crippen MR) is 97.8 cm³/mol. The van der Waals surface area contributed by atoms with E-state index >= 15 is 0 Å². The highest BCUT2D eigenvalue weighted by atomic mass is 32.1. The first kappa shape index (κ1) is 17.5. The van der Waals surface area contributed by atoms with Gasteiger partial charge >= 0.3 is 0 Å². The summed E-state index contributed by atoms with van der Waals surface area (Å²) in [6, 6.07) is 10.7. The summed E-state index contributed by atoms with van der Waals surface area (Å²) in [7, 11) is 1.63. The van der Waals surface area contributed by atoms with Crippen LogP contribution in [0.3, 0.4) is 0 Å². The van der Waals surface area contributed by atoms with Gasteiger partial charge in [0, 0.05) is 0 Å². The van der Waals surface area contributed by atoms with Crippen LogP contribution in [-0.2, 0) is 4.79 Å². The molecule has 0 bridgehead atoms. The lowest BCUT2D eigenvalue weighted by atomic mass is 10.0. The molecule has 2 amide bonds. The van der Waals surface area contributed by atoms with E-state index in [0.29, 0.717) is 10.8 Å². The van der Waals surface area contributed by atoms with Gasteiger partial charge in [0.25, 0.3) is 5.91 Å². The number of carbonyl (C=O) groups is 2. The zero-order chi connectivity index (χ0) is 17.8. The number of methoxy groups -OCH3 is 1. The van der Waals surface area contributed by atoms with E-state index in [0.717, 1.165) is 24.2 Å². The second-order valence-corrected chi connectivity index (χ2v) is 7.22. The molecule has 0 saturated heterocycles. The van der Waals surface area contributed by atoms with E-state index in [2.05, 4.69) is 10.6 Å². The van der Waals surface area contributed by atoms with Crippen molar-refractivity contribution in [3.63, 3.8) is 0 Å². The quantitative estimate of drug-likeness (QED) is 0.799. The van der Waals surface area contributed by atoms with Gasteiger partial charge in [-0.15, -0.1) is 11.3 Å². The van der Waals surface area contributed by atoms with E-state index in [1.165, 1.54) is 11.3 Å². The summed E-state index contributed by atoms with van der Waals surface area (Å²) in [6.07, 6.45) is 2.21. The molecule has 1 aromatic carbocycles. The summed E-state index contributed by atoms with van der Waals surface area (Å²) in [4.78, 5) is 25.2. The van der Waals surface area contributed by atoms with Crippen molar-refractivity contribution in [1.82, 2.24) is 10.6 Å².